The average Bonchev–Trinajstić information content (AvgIpc) is 2.89. The Kier molecular flexibility index (Phi) is 5.53. The Bertz CT molecular complexity index is 1060. The van der Waals surface area contributed by atoms with Crippen molar-refractivity contribution in [2.45, 2.75) is 32.2 Å². The third-order valence-electron chi connectivity index (χ3n) is 5.08. The van der Waals surface area contributed by atoms with E-state index in [-0.39, 0.29) is 11.7 Å². The molecule has 0 fully saturated rings. The number of benzene rings is 2. The van der Waals surface area contributed by atoms with E-state index in [1.165, 1.54) is 19.2 Å². The summed E-state index contributed by atoms with van der Waals surface area (Å²) < 4.78 is 21.0. The highest BCUT2D eigenvalue weighted by molar-refractivity contribution is 6.32. The van der Waals surface area contributed by atoms with Gasteiger partial charge in [0, 0.05) is 17.8 Å². The lowest BCUT2D eigenvalue weighted by molar-refractivity contribution is 0.102. The fraction of sp³-hybridized carbons (Fsp3) is 0.273. The minimum Gasteiger partial charge on any atom is -0.495 e. The molecule has 1 aromatic heterocycles. The molecule has 0 unspecified atom stereocenters. The number of rotatable bonds is 4. The van der Waals surface area contributed by atoms with Crippen molar-refractivity contribution in [2.24, 2.45) is 0 Å². The average molecular weight is 414 g/mol. The summed E-state index contributed by atoms with van der Waals surface area (Å²) in [5.74, 6) is 0.528. The highest BCUT2D eigenvalue weighted by Gasteiger charge is 2.24. The van der Waals surface area contributed by atoms with Crippen LogP contribution in [0.3, 0.4) is 0 Å². The number of hydrogen-bond acceptors (Lipinski definition) is 3. The van der Waals surface area contributed by atoms with E-state index in [1.807, 2.05) is 6.07 Å². The minimum atomic E-state index is -0.327. The maximum absolute atomic E-state index is 13.8. The molecule has 3 aromatic rings. The number of fused-ring (bicyclic) bond motifs is 1. The molecule has 1 N–H and O–H groups in total. The van der Waals surface area contributed by atoms with Crippen LogP contribution in [0.25, 0.3) is 11.4 Å². The van der Waals surface area contributed by atoms with Gasteiger partial charge in [-0.1, -0.05) is 30.2 Å². The Labute approximate surface area is 173 Å². The smallest absolute Gasteiger partial charge is 0.276 e. The number of anilines is 1. The number of imidazole rings is 1. The largest absolute Gasteiger partial charge is 0.495 e. The Morgan fingerprint density at radius 2 is 2.07 bits per heavy atom. The van der Waals surface area contributed by atoms with Crippen molar-refractivity contribution in [1.29, 1.82) is 0 Å². The second-order valence-corrected chi connectivity index (χ2v) is 7.41. The highest BCUT2D eigenvalue weighted by Crippen LogP contribution is 2.30. The first kappa shape index (κ1) is 19.5. The van der Waals surface area contributed by atoms with Gasteiger partial charge >= 0.3 is 0 Å². The summed E-state index contributed by atoms with van der Waals surface area (Å²) in [7, 11) is 1.54. The fourth-order valence-corrected chi connectivity index (χ4v) is 3.94. The predicted molar refractivity (Wildman–Crippen MR) is 111 cm³/mol. The van der Waals surface area contributed by atoms with Crippen LogP contribution in [0.5, 0.6) is 5.75 Å². The molecule has 0 saturated heterocycles. The standard InChI is InChI=1S/C22H21ClFN3O2/c1-29-19-10-9-16(13-17(19)23)25-22(28)20-18-8-3-2-4-11-27(18)21(26-20)14-6-5-7-15(24)12-14/h5-7,9-10,12-13H,2-4,8,11H2,1H3,(H,25,28). The number of halogens is 2. The number of nitrogens with zero attached hydrogens (tertiary/aromatic N) is 2. The van der Waals surface area contributed by atoms with Gasteiger partial charge in [0.25, 0.3) is 5.91 Å². The maximum Gasteiger partial charge on any atom is 0.276 e. The van der Waals surface area contributed by atoms with E-state index in [2.05, 4.69) is 14.9 Å². The summed E-state index contributed by atoms with van der Waals surface area (Å²) in [6.07, 6.45) is 3.83. The number of hydrogen-bond donors (Lipinski definition) is 1. The lowest BCUT2D eigenvalue weighted by atomic mass is 10.1. The molecule has 7 heteroatoms. The zero-order valence-electron chi connectivity index (χ0n) is 16.0. The van der Waals surface area contributed by atoms with Crippen LogP contribution in [0.1, 0.15) is 35.4 Å². The van der Waals surface area contributed by atoms with E-state index < -0.39 is 0 Å². The molecule has 150 valence electrons. The predicted octanol–water partition coefficient (Wildman–Crippen LogP) is 5.33. The molecule has 1 amide bonds. The van der Waals surface area contributed by atoms with Crippen LogP contribution in [0.4, 0.5) is 10.1 Å². The van der Waals surface area contributed by atoms with Crippen molar-refractivity contribution in [3.63, 3.8) is 0 Å². The first-order valence-electron chi connectivity index (χ1n) is 9.57. The Hall–Kier alpha value is -2.86. The van der Waals surface area contributed by atoms with Crippen molar-refractivity contribution in [3.8, 4) is 17.1 Å². The van der Waals surface area contributed by atoms with Crippen LogP contribution in [-0.4, -0.2) is 22.6 Å². The van der Waals surface area contributed by atoms with Gasteiger partial charge in [0.05, 0.1) is 17.8 Å². The SMILES string of the molecule is COc1ccc(NC(=O)c2nc(-c3cccc(F)c3)n3c2CCCCC3)cc1Cl. The topological polar surface area (TPSA) is 56.1 Å². The molecule has 0 spiro atoms. The highest BCUT2D eigenvalue weighted by atomic mass is 35.5. The summed E-state index contributed by atoms with van der Waals surface area (Å²) in [6, 6.07) is 11.4. The van der Waals surface area contributed by atoms with Gasteiger partial charge in [-0.3, -0.25) is 4.79 Å². The third kappa shape index (κ3) is 3.98. The number of ether oxygens (including phenoxy) is 1. The molecule has 0 atom stereocenters. The molecular formula is C22H21ClFN3O2. The van der Waals surface area contributed by atoms with Crippen LogP contribution in [0, 0.1) is 5.82 Å². The second kappa shape index (κ2) is 8.25. The van der Waals surface area contributed by atoms with E-state index >= 15 is 0 Å². The molecule has 0 saturated carbocycles. The molecule has 0 aliphatic carbocycles. The lowest BCUT2D eigenvalue weighted by Crippen LogP contribution is -2.15. The molecule has 2 aromatic carbocycles. The van der Waals surface area contributed by atoms with Gasteiger partial charge in [0.2, 0.25) is 0 Å². The van der Waals surface area contributed by atoms with Gasteiger partial charge in [0.15, 0.2) is 0 Å². The second-order valence-electron chi connectivity index (χ2n) is 7.01. The molecule has 29 heavy (non-hydrogen) atoms. The molecule has 4 rings (SSSR count). The lowest BCUT2D eigenvalue weighted by Gasteiger charge is -2.09. The van der Waals surface area contributed by atoms with Crippen molar-refractivity contribution in [1.82, 2.24) is 9.55 Å². The van der Waals surface area contributed by atoms with Crippen LogP contribution in [-0.2, 0) is 13.0 Å². The molecule has 0 radical (unpaired) electrons. The number of carbonyl (C=O) groups is 1. The van der Waals surface area contributed by atoms with Crippen molar-refractivity contribution in [3.05, 3.63) is 64.7 Å². The van der Waals surface area contributed by atoms with Gasteiger partial charge in [-0.2, -0.15) is 0 Å². The molecular weight excluding hydrogens is 393 g/mol. The molecule has 1 aliphatic heterocycles. The van der Waals surface area contributed by atoms with Gasteiger partial charge in [-0.05, 0) is 49.6 Å². The first-order valence-corrected chi connectivity index (χ1v) is 9.95. The monoisotopic (exact) mass is 413 g/mol. The van der Waals surface area contributed by atoms with Crippen LogP contribution in [0.15, 0.2) is 42.5 Å². The van der Waals surface area contributed by atoms with Gasteiger partial charge in [-0.25, -0.2) is 9.37 Å². The van der Waals surface area contributed by atoms with Crippen LogP contribution < -0.4 is 10.1 Å². The number of nitrogens with one attached hydrogen (secondary N) is 1. The first-order chi connectivity index (χ1) is 14.1. The number of amides is 1. The summed E-state index contributed by atoms with van der Waals surface area (Å²) in [5, 5.41) is 3.28. The zero-order valence-corrected chi connectivity index (χ0v) is 16.8. The fourth-order valence-electron chi connectivity index (χ4n) is 3.68. The van der Waals surface area contributed by atoms with Gasteiger partial charge in [-0.15, -0.1) is 0 Å². The molecule has 0 bridgehead atoms. The summed E-state index contributed by atoms with van der Waals surface area (Å²) >= 11 is 6.16. The van der Waals surface area contributed by atoms with E-state index in [0.717, 1.165) is 37.9 Å². The number of aromatic nitrogens is 2. The van der Waals surface area contributed by atoms with E-state index in [4.69, 9.17) is 16.3 Å². The van der Waals surface area contributed by atoms with E-state index in [1.54, 1.807) is 24.3 Å². The Morgan fingerprint density at radius 3 is 2.83 bits per heavy atom. The summed E-state index contributed by atoms with van der Waals surface area (Å²) in [4.78, 5) is 17.7. The normalized spacial score (nSPS) is 13.5. The summed E-state index contributed by atoms with van der Waals surface area (Å²) in [6.45, 7) is 0.760. The zero-order chi connectivity index (χ0) is 20.4. The van der Waals surface area contributed by atoms with E-state index in [0.29, 0.717) is 33.5 Å². The van der Waals surface area contributed by atoms with Gasteiger partial charge < -0.3 is 14.6 Å². The van der Waals surface area contributed by atoms with E-state index in [9.17, 15) is 9.18 Å². The van der Waals surface area contributed by atoms with Crippen molar-refractivity contribution >= 4 is 23.2 Å². The molecule has 1 aliphatic rings. The maximum atomic E-state index is 13.8. The minimum absolute atomic E-state index is 0.306. The Balaban J connectivity index is 1.71. The number of carbonyl (C=O) groups excluding carboxylic acids is 1. The van der Waals surface area contributed by atoms with Crippen molar-refractivity contribution in [2.75, 3.05) is 12.4 Å². The van der Waals surface area contributed by atoms with Gasteiger partial charge in [0.1, 0.15) is 23.1 Å². The number of methoxy groups -OCH3 is 1. The summed E-state index contributed by atoms with van der Waals surface area (Å²) in [5.41, 5.74) is 2.49. The van der Waals surface area contributed by atoms with Crippen LogP contribution in [0.2, 0.25) is 5.02 Å². The quantitative estimate of drug-likeness (QED) is 0.629. The van der Waals surface area contributed by atoms with Crippen LogP contribution >= 0.6 is 11.6 Å². The van der Waals surface area contributed by atoms with Crippen molar-refractivity contribution < 1.29 is 13.9 Å². The third-order valence-corrected chi connectivity index (χ3v) is 5.37. The molecule has 2 heterocycles. The Morgan fingerprint density at radius 1 is 1.21 bits per heavy atom. The molecule has 5 nitrogen and oxygen atoms in total.